The number of nitriles is 1. The molecule has 1 heterocycles. The number of rotatable bonds is 6. The lowest BCUT2D eigenvalue weighted by Crippen LogP contribution is -2.24. The van der Waals surface area contributed by atoms with E-state index in [4.69, 9.17) is 43.1 Å². The van der Waals surface area contributed by atoms with Gasteiger partial charge in [0.25, 0.3) is 5.91 Å². The molecule has 7 nitrogen and oxygen atoms in total. The highest BCUT2D eigenvalue weighted by atomic mass is 35.5. The average Bonchev–Trinajstić information content (AvgIpc) is 2.85. The van der Waals surface area contributed by atoms with Crippen molar-refractivity contribution in [3.63, 3.8) is 0 Å². The molecule has 0 spiro atoms. The Labute approximate surface area is 222 Å². The summed E-state index contributed by atoms with van der Waals surface area (Å²) in [5.74, 6) is -3.91. The first-order valence-corrected chi connectivity index (χ1v) is 11.8. The molecule has 1 amide bonds. The van der Waals surface area contributed by atoms with Crippen molar-refractivity contribution in [1.82, 2.24) is 10.3 Å². The summed E-state index contributed by atoms with van der Waals surface area (Å²) >= 11 is 13.4. The number of hydrogen-bond acceptors (Lipinski definition) is 6. The Kier molecular flexibility index (Phi) is 10.5. The number of carbonyl (C=O) groups is 2. The van der Waals surface area contributed by atoms with Gasteiger partial charge in [0, 0.05) is 23.3 Å². The Morgan fingerprint density at radius 1 is 1.22 bits per heavy atom. The Morgan fingerprint density at radius 3 is 2.49 bits per heavy atom. The first-order valence-electron chi connectivity index (χ1n) is 9.80. The Balaban J connectivity index is 0.000000604. The summed E-state index contributed by atoms with van der Waals surface area (Å²) in [5, 5.41) is 19.7. The first-order chi connectivity index (χ1) is 17.4. The summed E-state index contributed by atoms with van der Waals surface area (Å²) in [7, 11) is 0. The molecular formula is C23H15Cl2F4N3O4S. The monoisotopic (exact) mass is 575 g/mol. The topological polar surface area (TPSA) is 112 Å². The number of amides is 1. The highest BCUT2D eigenvalue weighted by Crippen LogP contribution is 2.35. The largest absolute Gasteiger partial charge is 0.490 e. The van der Waals surface area contributed by atoms with Crippen LogP contribution in [-0.2, 0) is 11.3 Å². The summed E-state index contributed by atoms with van der Waals surface area (Å²) < 4.78 is 52.3. The van der Waals surface area contributed by atoms with Crippen LogP contribution in [0.1, 0.15) is 21.5 Å². The number of hydrogen-bond donors (Lipinski definition) is 2. The molecule has 0 bridgehead atoms. The molecule has 3 rings (SSSR count). The SMILES string of the molecule is CSc1ncccc1C(=O)NCc1ccc(Cl)c(Oc2cc(Cl)cc(C#N)c2)c1F.O=C(O)C(F)(F)F. The second-order valence-corrected chi connectivity index (χ2v) is 8.42. The Hall–Kier alpha value is -3.53. The van der Waals surface area contributed by atoms with Crippen LogP contribution in [0.2, 0.25) is 10.0 Å². The van der Waals surface area contributed by atoms with E-state index < -0.39 is 18.0 Å². The molecule has 14 heteroatoms. The van der Waals surface area contributed by atoms with Crippen LogP contribution in [0.4, 0.5) is 17.6 Å². The zero-order valence-electron chi connectivity index (χ0n) is 18.6. The number of ether oxygens (including phenoxy) is 1. The van der Waals surface area contributed by atoms with Gasteiger partial charge >= 0.3 is 12.1 Å². The van der Waals surface area contributed by atoms with Gasteiger partial charge in [-0.25, -0.2) is 14.2 Å². The smallest absolute Gasteiger partial charge is 0.475 e. The lowest BCUT2D eigenvalue weighted by Gasteiger charge is -2.13. The number of aliphatic carboxylic acids is 1. The van der Waals surface area contributed by atoms with Crippen molar-refractivity contribution in [1.29, 1.82) is 5.26 Å². The molecule has 0 atom stereocenters. The molecule has 0 radical (unpaired) electrons. The van der Waals surface area contributed by atoms with Crippen molar-refractivity contribution in [2.24, 2.45) is 0 Å². The van der Waals surface area contributed by atoms with Crippen molar-refractivity contribution in [2.75, 3.05) is 6.26 Å². The summed E-state index contributed by atoms with van der Waals surface area (Å²) in [4.78, 5) is 25.5. The van der Waals surface area contributed by atoms with E-state index in [1.54, 1.807) is 18.3 Å². The van der Waals surface area contributed by atoms with Crippen LogP contribution in [0, 0.1) is 17.1 Å². The fourth-order valence-corrected chi connectivity index (χ4v) is 3.56. The number of carboxylic acids is 1. The van der Waals surface area contributed by atoms with Crippen molar-refractivity contribution in [3.05, 3.63) is 81.2 Å². The molecular weight excluding hydrogens is 561 g/mol. The van der Waals surface area contributed by atoms with Gasteiger partial charge in [0.05, 0.1) is 22.2 Å². The highest BCUT2D eigenvalue weighted by molar-refractivity contribution is 7.98. The zero-order chi connectivity index (χ0) is 27.8. The quantitative estimate of drug-likeness (QED) is 0.255. The number of halogens is 6. The maximum Gasteiger partial charge on any atom is 0.490 e. The maximum absolute atomic E-state index is 15.0. The number of benzene rings is 2. The lowest BCUT2D eigenvalue weighted by molar-refractivity contribution is -0.192. The van der Waals surface area contributed by atoms with Gasteiger partial charge in [0.15, 0.2) is 11.6 Å². The van der Waals surface area contributed by atoms with Gasteiger partial charge in [-0.1, -0.05) is 29.3 Å². The normalized spacial score (nSPS) is 10.5. The van der Waals surface area contributed by atoms with E-state index in [2.05, 4.69) is 10.3 Å². The summed E-state index contributed by atoms with van der Waals surface area (Å²) in [6.45, 7) is -0.0834. The third-order valence-electron chi connectivity index (χ3n) is 4.24. The number of alkyl halides is 3. The van der Waals surface area contributed by atoms with E-state index in [0.717, 1.165) is 0 Å². The van der Waals surface area contributed by atoms with Gasteiger partial charge in [0.2, 0.25) is 0 Å². The van der Waals surface area contributed by atoms with Crippen molar-refractivity contribution in [2.45, 2.75) is 17.7 Å². The number of thioether (sulfide) groups is 1. The molecule has 0 saturated heterocycles. The van der Waals surface area contributed by atoms with E-state index in [0.29, 0.717) is 10.6 Å². The average molecular weight is 576 g/mol. The summed E-state index contributed by atoms with van der Waals surface area (Å²) in [6.07, 6.45) is -1.67. The van der Waals surface area contributed by atoms with E-state index >= 15 is 4.39 Å². The molecule has 0 unspecified atom stereocenters. The van der Waals surface area contributed by atoms with Crippen LogP contribution in [0.3, 0.4) is 0 Å². The fraction of sp³-hybridized carbons (Fsp3) is 0.130. The van der Waals surface area contributed by atoms with Crippen molar-refractivity contribution in [3.8, 4) is 17.6 Å². The minimum atomic E-state index is -5.08. The second-order valence-electron chi connectivity index (χ2n) is 6.78. The molecule has 0 fully saturated rings. The summed E-state index contributed by atoms with van der Waals surface area (Å²) in [5.41, 5.74) is 0.845. The third-order valence-corrected chi connectivity index (χ3v) is 5.47. The molecule has 194 valence electrons. The predicted molar refractivity (Wildman–Crippen MR) is 129 cm³/mol. The standard InChI is InChI=1S/C21H14Cl2FN3O2S.C2HF3O2/c1-30-21-16(3-2-6-26-21)20(28)27-11-13-4-5-17(23)19(18(13)24)29-15-8-12(10-25)7-14(22)9-15;3-2(4,5)1(6)7/h2-9H,11H2,1H3,(H,27,28);(H,6,7). The number of aromatic nitrogens is 1. The molecule has 3 aromatic rings. The van der Waals surface area contributed by atoms with Crippen LogP contribution in [0.25, 0.3) is 0 Å². The third kappa shape index (κ3) is 8.52. The number of nitrogens with one attached hydrogen (secondary N) is 1. The molecule has 0 aliphatic rings. The van der Waals surface area contributed by atoms with Crippen molar-refractivity contribution < 1.29 is 37.0 Å². The highest BCUT2D eigenvalue weighted by Gasteiger charge is 2.38. The number of pyridine rings is 1. The molecule has 37 heavy (non-hydrogen) atoms. The molecule has 2 N–H and O–H groups in total. The van der Waals surface area contributed by atoms with E-state index in [-0.39, 0.29) is 45.1 Å². The van der Waals surface area contributed by atoms with E-state index in [9.17, 15) is 18.0 Å². The minimum Gasteiger partial charge on any atom is -0.475 e. The zero-order valence-corrected chi connectivity index (χ0v) is 20.9. The van der Waals surface area contributed by atoms with Crippen LogP contribution in [0.5, 0.6) is 11.5 Å². The fourth-order valence-electron chi connectivity index (χ4n) is 2.60. The first kappa shape index (κ1) is 29.7. The van der Waals surface area contributed by atoms with E-state index in [1.807, 2.05) is 12.3 Å². The molecule has 0 aliphatic carbocycles. The van der Waals surface area contributed by atoms with Gasteiger partial charge in [-0.3, -0.25) is 4.79 Å². The van der Waals surface area contributed by atoms with Gasteiger partial charge in [-0.05, 0) is 42.7 Å². The number of nitrogens with zero attached hydrogens (tertiary/aromatic N) is 2. The predicted octanol–water partition coefficient (Wildman–Crippen LogP) is 6.48. The van der Waals surface area contributed by atoms with Gasteiger partial charge < -0.3 is 15.2 Å². The van der Waals surface area contributed by atoms with Gasteiger partial charge in [-0.15, -0.1) is 11.8 Å². The van der Waals surface area contributed by atoms with Gasteiger partial charge in [-0.2, -0.15) is 18.4 Å². The van der Waals surface area contributed by atoms with Crippen LogP contribution in [-0.4, -0.2) is 34.4 Å². The van der Waals surface area contributed by atoms with Gasteiger partial charge in [0.1, 0.15) is 10.8 Å². The number of carbonyl (C=O) groups excluding carboxylic acids is 1. The number of carboxylic acid groups (broad SMARTS) is 1. The summed E-state index contributed by atoms with van der Waals surface area (Å²) in [6, 6.07) is 12.5. The van der Waals surface area contributed by atoms with Crippen LogP contribution in [0.15, 0.2) is 53.7 Å². The molecule has 0 aliphatic heterocycles. The molecule has 2 aromatic carbocycles. The minimum absolute atomic E-state index is 0.0398. The maximum atomic E-state index is 15.0. The van der Waals surface area contributed by atoms with E-state index in [1.165, 1.54) is 42.1 Å². The van der Waals surface area contributed by atoms with Crippen molar-refractivity contribution >= 4 is 46.8 Å². The Morgan fingerprint density at radius 2 is 1.89 bits per heavy atom. The Bertz CT molecular complexity index is 1350. The molecule has 1 aromatic heterocycles. The second kappa shape index (κ2) is 13.1. The van der Waals surface area contributed by atoms with Crippen LogP contribution >= 0.6 is 35.0 Å². The molecule has 0 saturated carbocycles. The van der Waals surface area contributed by atoms with Crippen LogP contribution < -0.4 is 10.1 Å². The lowest BCUT2D eigenvalue weighted by atomic mass is 10.1.